The molecule has 60 valence electrons. The van der Waals surface area contributed by atoms with E-state index in [9.17, 15) is 4.79 Å². The van der Waals surface area contributed by atoms with Crippen LogP contribution in [0.5, 0.6) is 0 Å². The van der Waals surface area contributed by atoms with Crippen LogP contribution in [0.4, 0.5) is 0 Å². The Bertz CT molecular complexity index is 114. The van der Waals surface area contributed by atoms with Crippen LogP contribution in [0, 0.1) is 0 Å². The van der Waals surface area contributed by atoms with E-state index in [0.717, 1.165) is 0 Å². The Morgan fingerprint density at radius 1 is 1.60 bits per heavy atom. The highest BCUT2D eigenvalue weighted by atomic mass is 32.2. The molecule has 0 radical (unpaired) electrons. The Morgan fingerprint density at radius 2 is 2.10 bits per heavy atom. The predicted molar refractivity (Wildman–Crippen MR) is 37.4 cm³/mol. The average molecular weight is 166 g/mol. The first-order valence-electron chi connectivity index (χ1n) is 2.75. The Kier molecular flexibility index (Phi) is 4.63. The molecule has 0 spiro atoms. The van der Waals surface area contributed by atoms with Gasteiger partial charge in [0.15, 0.2) is 0 Å². The molecule has 4 nitrogen and oxygen atoms in total. The molecule has 0 aliphatic carbocycles. The maximum Gasteiger partial charge on any atom is 0.222 e. The molecule has 0 fully saturated rings. The summed E-state index contributed by atoms with van der Waals surface area (Å²) in [6, 6.07) is 0. The number of carbonyl (C=O) groups excluding carboxylic acids is 1. The number of aliphatic hydroxyl groups is 3. The van der Waals surface area contributed by atoms with E-state index in [1.807, 2.05) is 0 Å². The van der Waals surface area contributed by atoms with Gasteiger partial charge in [0.2, 0.25) is 5.12 Å². The lowest BCUT2D eigenvalue weighted by Crippen LogP contribution is -2.22. The third kappa shape index (κ3) is 3.84. The summed E-state index contributed by atoms with van der Waals surface area (Å²) in [6.07, 6.45) is -1.38. The van der Waals surface area contributed by atoms with Crippen LogP contribution < -0.4 is 0 Å². The van der Waals surface area contributed by atoms with E-state index < -0.39 is 23.3 Å². The average Bonchev–Trinajstić information content (AvgIpc) is 1.85. The van der Waals surface area contributed by atoms with Crippen LogP contribution in [0.25, 0.3) is 0 Å². The number of aliphatic hydroxyl groups excluding tert-OH is 3. The molecule has 0 amide bonds. The summed E-state index contributed by atoms with van der Waals surface area (Å²) in [4.78, 5) is 10.6. The Morgan fingerprint density at radius 3 is 2.40 bits per heavy atom. The summed E-state index contributed by atoms with van der Waals surface area (Å²) in [5.41, 5.74) is -0.839. The quantitative estimate of drug-likeness (QED) is 0.466. The molecule has 0 bridgehead atoms. The smallest absolute Gasteiger partial charge is 0.222 e. The van der Waals surface area contributed by atoms with Crippen LogP contribution in [0.3, 0.4) is 0 Å². The van der Waals surface area contributed by atoms with Crippen LogP contribution in [0.1, 0.15) is 6.92 Å². The molecule has 0 aliphatic rings. The van der Waals surface area contributed by atoms with Crippen molar-refractivity contribution in [2.45, 2.75) is 18.5 Å². The van der Waals surface area contributed by atoms with Gasteiger partial charge in [0.25, 0.3) is 0 Å². The molecule has 0 rings (SSSR count). The fourth-order valence-electron chi connectivity index (χ4n) is 0.321. The monoisotopic (exact) mass is 166 g/mol. The highest BCUT2D eigenvalue weighted by Gasteiger charge is 2.15. The molecule has 3 N–H and O–H groups in total. The first kappa shape index (κ1) is 9.90. The number of thioether (sulfide) groups is 1. The van der Waals surface area contributed by atoms with Crippen molar-refractivity contribution in [1.82, 2.24) is 0 Å². The number of rotatable bonds is 3. The third-order valence-electron chi connectivity index (χ3n) is 0.732. The topological polar surface area (TPSA) is 77.8 Å². The van der Waals surface area contributed by atoms with Gasteiger partial charge in [0, 0.05) is 0 Å². The number of hydrogen-bond acceptors (Lipinski definition) is 5. The van der Waals surface area contributed by atoms with Gasteiger partial charge in [0.05, 0.1) is 6.61 Å². The molecule has 0 saturated heterocycles. The van der Waals surface area contributed by atoms with Crippen LogP contribution in [-0.2, 0) is 4.79 Å². The van der Waals surface area contributed by atoms with Crippen molar-refractivity contribution in [1.29, 1.82) is 0 Å². The first-order chi connectivity index (χ1) is 4.57. The SMILES string of the molecule is CC(O)SC(=O)C(O)CO. The largest absolute Gasteiger partial charge is 0.393 e. The minimum Gasteiger partial charge on any atom is -0.393 e. The van der Waals surface area contributed by atoms with Crippen molar-refractivity contribution in [3.63, 3.8) is 0 Å². The molecule has 5 heteroatoms. The van der Waals surface area contributed by atoms with E-state index in [1.165, 1.54) is 6.92 Å². The summed E-state index contributed by atoms with van der Waals surface area (Å²) in [6.45, 7) is 0.811. The van der Waals surface area contributed by atoms with Crippen molar-refractivity contribution in [2.75, 3.05) is 6.61 Å². The van der Waals surface area contributed by atoms with Crippen LogP contribution in [0.15, 0.2) is 0 Å². The van der Waals surface area contributed by atoms with Gasteiger partial charge in [-0.15, -0.1) is 0 Å². The van der Waals surface area contributed by atoms with E-state index >= 15 is 0 Å². The fourth-order valence-corrected chi connectivity index (χ4v) is 0.889. The van der Waals surface area contributed by atoms with Gasteiger partial charge in [-0.2, -0.15) is 0 Å². The standard InChI is InChI=1S/C5H10O4S/c1-3(7)10-5(9)4(8)2-6/h3-4,6-8H,2H2,1H3. The molecule has 0 heterocycles. The van der Waals surface area contributed by atoms with Crippen molar-refractivity contribution in [2.24, 2.45) is 0 Å². The summed E-state index contributed by atoms with van der Waals surface area (Å²) < 4.78 is 0. The summed E-state index contributed by atoms with van der Waals surface area (Å²) >= 11 is 0.594. The lowest BCUT2D eigenvalue weighted by Gasteiger charge is -2.05. The Balaban J connectivity index is 3.62. The van der Waals surface area contributed by atoms with Gasteiger partial charge in [-0.3, -0.25) is 4.79 Å². The third-order valence-corrected chi connectivity index (χ3v) is 1.58. The zero-order valence-corrected chi connectivity index (χ0v) is 6.34. The van der Waals surface area contributed by atoms with Crippen molar-refractivity contribution in [3.8, 4) is 0 Å². The molecule has 2 atom stereocenters. The zero-order valence-electron chi connectivity index (χ0n) is 5.52. The van der Waals surface area contributed by atoms with Crippen LogP contribution >= 0.6 is 11.8 Å². The molecule has 0 aromatic rings. The van der Waals surface area contributed by atoms with Crippen molar-refractivity contribution >= 4 is 16.9 Å². The van der Waals surface area contributed by atoms with Gasteiger partial charge in [-0.25, -0.2) is 0 Å². The van der Waals surface area contributed by atoms with E-state index in [2.05, 4.69) is 0 Å². The Labute approximate surface area is 62.9 Å². The van der Waals surface area contributed by atoms with Gasteiger partial charge in [-0.05, 0) is 6.92 Å². The molecular weight excluding hydrogens is 156 g/mol. The van der Waals surface area contributed by atoms with Gasteiger partial charge >= 0.3 is 0 Å². The molecule has 10 heavy (non-hydrogen) atoms. The summed E-state index contributed by atoms with van der Waals surface area (Å²) in [5.74, 6) is 0. The minimum atomic E-state index is -1.38. The molecule has 2 unspecified atom stereocenters. The molecule has 0 aromatic carbocycles. The molecular formula is C5H10O4S. The second kappa shape index (κ2) is 4.68. The normalized spacial score (nSPS) is 16.4. The zero-order chi connectivity index (χ0) is 8.15. The van der Waals surface area contributed by atoms with Crippen LogP contribution in [-0.4, -0.2) is 38.6 Å². The highest BCUT2D eigenvalue weighted by molar-refractivity contribution is 8.14. The second-order valence-corrected chi connectivity index (χ2v) is 3.05. The molecule has 0 aliphatic heterocycles. The second-order valence-electron chi connectivity index (χ2n) is 1.73. The summed E-state index contributed by atoms with van der Waals surface area (Å²) in [7, 11) is 0. The van der Waals surface area contributed by atoms with E-state index in [1.54, 1.807) is 0 Å². The highest BCUT2D eigenvalue weighted by Crippen LogP contribution is 2.10. The van der Waals surface area contributed by atoms with Gasteiger partial charge < -0.3 is 15.3 Å². The van der Waals surface area contributed by atoms with Gasteiger partial charge in [-0.1, -0.05) is 11.8 Å². The Hall–Kier alpha value is -0.100. The lowest BCUT2D eigenvalue weighted by atomic mass is 10.4. The predicted octanol–water partition coefficient (Wildman–Crippen LogP) is -1.06. The maximum atomic E-state index is 10.6. The molecule has 0 saturated carbocycles. The van der Waals surface area contributed by atoms with Gasteiger partial charge in [0.1, 0.15) is 11.5 Å². The van der Waals surface area contributed by atoms with Crippen molar-refractivity contribution in [3.05, 3.63) is 0 Å². The van der Waals surface area contributed by atoms with Crippen molar-refractivity contribution < 1.29 is 20.1 Å². The maximum absolute atomic E-state index is 10.6. The van der Waals surface area contributed by atoms with Crippen LogP contribution in [0.2, 0.25) is 0 Å². The lowest BCUT2D eigenvalue weighted by molar-refractivity contribution is -0.120. The van der Waals surface area contributed by atoms with E-state index in [-0.39, 0.29) is 0 Å². The minimum absolute atomic E-state index is 0.594. The first-order valence-corrected chi connectivity index (χ1v) is 3.63. The van der Waals surface area contributed by atoms with E-state index in [4.69, 9.17) is 15.3 Å². The fraction of sp³-hybridized carbons (Fsp3) is 0.800. The summed E-state index contributed by atoms with van der Waals surface area (Å²) in [5, 5.41) is 24.9. The number of carbonyl (C=O) groups is 1. The van der Waals surface area contributed by atoms with E-state index in [0.29, 0.717) is 11.8 Å². The molecule has 0 aromatic heterocycles. The number of hydrogen-bond donors (Lipinski definition) is 3.